The summed E-state index contributed by atoms with van der Waals surface area (Å²) in [5.74, 6) is -0.793. The van der Waals surface area contributed by atoms with Gasteiger partial charge in [0.2, 0.25) is 0 Å². The number of ether oxygens (including phenoxy) is 3. The summed E-state index contributed by atoms with van der Waals surface area (Å²) in [6, 6.07) is 1.15. The lowest BCUT2D eigenvalue weighted by Gasteiger charge is -2.37. The molecule has 6 heteroatoms. The molecule has 0 fully saturated rings. The summed E-state index contributed by atoms with van der Waals surface area (Å²) in [7, 11) is -1.07. The zero-order chi connectivity index (χ0) is 20.3. The molecule has 5 nitrogen and oxygen atoms in total. The zero-order valence-electron chi connectivity index (χ0n) is 17.4. The van der Waals surface area contributed by atoms with E-state index < -0.39 is 20.7 Å². The molecule has 0 aromatic heterocycles. The summed E-state index contributed by atoms with van der Waals surface area (Å²) in [6.07, 6.45) is 1.91. The molecule has 0 amide bonds. The molecule has 0 saturated carbocycles. The topological polar surface area (TPSA) is 61.8 Å². The summed E-state index contributed by atoms with van der Waals surface area (Å²) in [5.41, 5.74) is 0.756. The lowest BCUT2D eigenvalue weighted by atomic mass is 10.2. The molecule has 0 aliphatic carbocycles. The van der Waals surface area contributed by atoms with Gasteiger partial charge in [0.1, 0.15) is 0 Å². The minimum Gasteiger partial charge on any atom is -0.462 e. The first-order valence-electron chi connectivity index (χ1n) is 9.40. The van der Waals surface area contributed by atoms with E-state index >= 15 is 0 Å². The van der Waals surface area contributed by atoms with E-state index in [4.69, 9.17) is 14.2 Å². The first kappa shape index (κ1) is 24.6. The second-order valence-corrected chi connectivity index (χ2v) is 11.0. The number of carbonyl (C=O) groups is 2. The molecule has 0 aromatic rings. The lowest BCUT2D eigenvalue weighted by Crippen LogP contribution is -2.46. The molecule has 2 atom stereocenters. The Bertz CT molecular complexity index is 470. The maximum Gasteiger partial charge on any atom is 0.333 e. The van der Waals surface area contributed by atoms with Gasteiger partial charge in [0.15, 0.2) is 0 Å². The highest BCUT2D eigenvalue weighted by Gasteiger charge is 2.33. The number of hydrogen-bond acceptors (Lipinski definition) is 5. The van der Waals surface area contributed by atoms with Gasteiger partial charge in [-0.3, -0.25) is 0 Å². The average molecular weight is 385 g/mol. The zero-order valence-corrected chi connectivity index (χ0v) is 18.5. The molecule has 26 heavy (non-hydrogen) atoms. The van der Waals surface area contributed by atoms with Gasteiger partial charge in [-0.25, -0.2) is 9.59 Å². The SMILES string of the molecule is C=C(C)C(=O)OCCC(CCOC(=O)C(=C)C)OC(C)(CC)[SiH](C)CC. The van der Waals surface area contributed by atoms with E-state index in [2.05, 4.69) is 40.5 Å². The maximum absolute atomic E-state index is 11.6. The molecule has 0 saturated heterocycles. The summed E-state index contributed by atoms with van der Waals surface area (Å²) in [4.78, 5) is 23.1. The number of hydrogen-bond donors (Lipinski definition) is 0. The van der Waals surface area contributed by atoms with Crippen LogP contribution in [0, 0.1) is 0 Å². The van der Waals surface area contributed by atoms with E-state index in [-0.39, 0.29) is 24.5 Å². The summed E-state index contributed by atoms with van der Waals surface area (Å²) in [6.45, 7) is 19.7. The van der Waals surface area contributed by atoms with Gasteiger partial charge in [-0.05, 0) is 27.2 Å². The Morgan fingerprint density at radius 2 is 1.42 bits per heavy atom. The highest BCUT2D eigenvalue weighted by Crippen LogP contribution is 2.26. The Labute approximate surface area is 160 Å². The molecular weight excluding hydrogens is 348 g/mol. The molecule has 0 N–H and O–H groups in total. The number of esters is 2. The van der Waals surface area contributed by atoms with Crippen LogP contribution in [0.3, 0.4) is 0 Å². The predicted molar refractivity (Wildman–Crippen MR) is 108 cm³/mol. The van der Waals surface area contributed by atoms with Crippen LogP contribution in [0.2, 0.25) is 12.6 Å². The van der Waals surface area contributed by atoms with Crippen molar-refractivity contribution >= 4 is 20.7 Å². The summed E-state index contributed by atoms with van der Waals surface area (Å²) >= 11 is 0. The van der Waals surface area contributed by atoms with Gasteiger partial charge < -0.3 is 14.2 Å². The van der Waals surface area contributed by atoms with Crippen molar-refractivity contribution in [3.8, 4) is 0 Å². The van der Waals surface area contributed by atoms with Crippen molar-refractivity contribution in [1.29, 1.82) is 0 Å². The first-order valence-corrected chi connectivity index (χ1v) is 11.9. The molecule has 0 heterocycles. The van der Waals surface area contributed by atoms with Gasteiger partial charge in [0, 0.05) is 24.0 Å². The van der Waals surface area contributed by atoms with E-state index in [9.17, 15) is 9.59 Å². The number of rotatable bonds is 13. The average Bonchev–Trinajstić information content (AvgIpc) is 2.59. The summed E-state index contributed by atoms with van der Waals surface area (Å²) < 4.78 is 16.9. The second kappa shape index (κ2) is 12.1. The van der Waals surface area contributed by atoms with Crippen molar-refractivity contribution in [1.82, 2.24) is 0 Å². The van der Waals surface area contributed by atoms with E-state index in [0.717, 1.165) is 12.5 Å². The standard InChI is InChI=1S/C20H36O5Si/c1-9-20(7,26(8)10-2)25-17(11-13-23-18(21)15(3)4)12-14-24-19(22)16(5)6/h17,26H,3,5,9-14H2,1-2,4,6-8H3. The van der Waals surface area contributed by atoms with Crippen LogP contribution in [0.5, 0.6) is 0 Å². The van der Waals surface area contributed by atoms with Crippen LogP contribution in [0.1, 0.15) is 53.9 Å². The fourth-order valence-corrected chi connectivity index (χ4v) is 4.42. The Morgan fingerprint density at radius 1 is 1.00 bits per heavy atom. The third-order valence-corrected chi connectivity index (χ3v) is 8.69. The first-order chi connectivity index (χ1) is 12.1. The van der Waals surface area contributed by atoms with Gasteiger partial charge >= 0.3 is 11.9 Å². The van der Waals surface area contributed by atoms with E-state index in [0.29, 0.717) is 24.0 Å². The third-order valence-electron chi connectivity index (χ3n) is 4.84. The van der Waals surface area contributed by atoms with Gasteiger partial charge in [0.05, 0.1) is 33.3 Å². The largest absolute Gasteiger partial charge is 0.462 e. The van der Waals surface area contributed by atoms with Crippen LogP contribution < -0.4 is 0 Å². The maximum atomic E-state index is 11.6. The second-order valence-electron chi connectivity index (χ2n) is 7.13. The van der Waals surface area contributed by atoms with Crippen LogP contribution >= 0.6 is 0 Å². The van der Waals surface area contributed by atoms with Crippen molar-refractivity contribution < 1.29 is 23.8 Å². The molecule has 0 aromatic carbocycles. The van der Waals surface area contributed by atoms with E-state index in [1.54, 1.807) is 13.8 Å². The Balaban J connectivity index is 4.85. The van der Waals surface area contributed by atoms with Crippen molar-refractivity contribution in [3.05, 3.63) is 24.3 Å². The van der Waals surface area contributed by atoms with Crippen molar-refractivity contribution in [2.45, 2.75) is 77.8 Å². The van der Waals surface area contributed by atoms with Crippen LogP contribution in [0.4, 0.5) is 0 Å². The van der Waals surface area contributed by atoms with Crippen LogP contribution in [-0.2, 0) is 23.8 Å². The van der Waals surface area contributed by atoms with E-state index in [1.807, 2.05) is 0 Å². The number of carbonyl (C=O) groups excluding carboxylic acids is 2. The monoisotopic (exact) mass is 384 g/mol. The fraction of sp³-hybridized carbons (Fsp3) is 0.700. The normalized spacial score (nSPS) is 14.4. The smallest absolute Gasteiger partial charge is 0.333 e. The van der Waals surface area contributed by atoms with Crippen molar-refractivity contribution in [2.24, 2.45) is 0 Å². The highest BCUT2D eigenvalue weighted by atomic mass is 28.3. The molecule has 0 aliphatic heterocycles. The van der Waals surface area contributed by atoms with Gasteiger partial charge in [0.25, 0.3) is 0 Å². The quantitative estimate of drug-likeness (QED) is 0.273. The van der Waals surface area contributed by atoms with Crippen molar-refractivity contribution in [3.63, 3.8) is 0 Å². The molecule has 0 radical (unpaired) electrons. The molecule has 2 unspecified atom stereocenters. The molecule has 150 valence electrons. The fourth-order valence-electron chi connectivity index (χ4n) is 2.44. The minimum atomic E-state index is -1.07. The molecular formula is C20H36O5Si. The van der Waals surface area contributed by atoms with Gasteiger partial charge in [-0.15, -0.1) is 0 Å². The third kappa shape index (κ3) is 8.81. The molecule has 0 spiro atoms. The Hall–Kier alpha value is -1.40. The van der Waals surface area contributed by atoms with Crippen LogP contribution in [0.25, 0.3) is 0 Å². The van der Waals surface area contributed by atoms with Gasteiger partial charge in [-0.2, -0.15) is 0 Å². The van der Waals surface area contributed by atoms with Crippen LogP contribution in [0.15, 0.2) is 24.3 Å². The Kier molecular flexibility index (Phi) is 11.4. The lowest BCUT2D eigenvalue weighted by molar-refractivity contribution is -0.141. The van der Waals surface area contributed by atoms with Crippen LogP contribution in [-0.4, -0.2) is 45.3 Å². The van der Waals surface area contributed by atoms with E-state index in [1.165, 1.54) is 0 Å². The molecule has 0 bridgehead atoms. The minimum absolute atomic E-state index is 0.141. The molecule has 0 aliphatic rings. The Morgan fingerprint density at radius 3 is 1.73 bits per heavy atom. The summed E-state index contributed by atoms with van der Waals surface area (Å²) in [5, 5.41) is -0.143. The highest BCUT2D eigenvalue weighted by molar-refractivity contribution is 6.60. The van der Waals surface area contributed by atoms with Crippen molar-refractivity contribution in [2.75, 3.05) is 13.2 Å². The van der Waals surface area contributed by atoms with Gasteiger partial charge in [-0.1, -0.05) is 39.6 Å². The molecule has 0 rings (SSSR count). The predicted octanol–water partition coefficient (Wildman–Crippen LogP) is 3.98.